The third kappa shape index (κ3) is 1.95. The molecule has 0 spiro atoms. The Balaban J connectivity index is 3.52. The van der Waals surface area contributed by atoms with Gasteiger partial charge >= 0.3 is 0 Å². The summed E-state index contributed by atoms with van der Waals surface area (Å²) in [6.45, 7) is 5.51. The summed E-state index contributed by atoms with van der Waals surface area (Å²) in [6.07, 6.45) is -0.734. The highest BCUT2D eigenvalue weighted by atomic mass is 35.5. The molecule has 4 heteroatoms. The standard InChI is InChI=1S/C11H16ClNO2/c1-5-6(2)11(15)10(12)7(3)9(5)8(14)4-13/h8,14-15H,4,13H2,1-3H3. The first-order chi connectivity index (χ1) is 6.91. The second kappa shape index (κ2) is 4.39. The van der Waals surface area contributed by atoms with E-state index >= 15 is 0 Å². The predicted octanol–water partition coefficient (Wildman–Crippen LogP) is 1.96. The van der Waals surface area contributed by atoms with Crippen LogP contribution in [0.3, 0.4) is 0 Å². The summed E-state index contributed by atoms with van der Waals surface area (Å²) < 4.78 is 0. The van der Waals surface area contributed by atoms with E-state index in [0.29, 0.717) is 16.1 Å². The minimum absolute atomic E-state index is 0.0830. The zero-order valence-electron chi connectivity index (χ0n) is 9.13. The lowest BCUT2D eigenvalue weighted by Gasteiger charge is -2.19. The van der Waals surface area contributed by atoms with Crippen LogP contribution in [0.2, 0.25) is 5.02 Å². The highest BCUT2D eigenvalue weighted by Gasteiger charge is 2.19. The maximum atomic E-state index is 9.77. The molecular formula is C11H16ClNO2. The minimum Gasteiger partial charge on any atom is -0.506 e. The summed E-state index contributed by atoms with van der Waals surface area (Å²) in [6, 6.07) is 0. The van der Waals surface area contributed by atoms with Crippen molar-refractivity contribution in [1.29, 1.82) is 0 Å². The molecule has 15 heavy (non-hydrogen) atoms. The van der Waals surface area contributed by atoms with Gasteiger partial charge in [-0.05, 0) is 43.0 Å². The van der Waals surface area contributed by atoms with Crippen molar-refractivity contribution in [2.45, 2.75) is 26.9 Å². The number of aliphatic hydroxyl groups excluding tert-OH is 1. The Kier molecular flexibility index (Phi) is 3.60. The van der Waals surface area contributed by atoms with Crippen molar-refractivity contribution in [2.24, 2.45) is 5.73 Å². The van der Waals surface area contributed by atoms with Crippen molar-refractivity contribution in [3.8, 4) is 5.75 Å². The van der Waals surface area contributed by atoms with Gasteiger partial charge in [-0.15, -0.1) is 0 Å². The van der Waals surface area contributed by atoms with E-state index in [-0.39, 0.29) is 12.3 Å². The summed E-state index contributed by atoms with van der Waals surface area (Å²) >= 11 is 5.96. The van der Waals surface area contributed by atoms with Gasteiger partial charge in [-0.3, -0.25) is 0 Å². The van der Waals surface area contributed by atoms with Gasteiger partial charge in [0.05, 0.1) is 11.1 Å². The largest absolute Gasteiger partial charge is 0.506 e. The lowest BCUT2D eigenvalue weighted by molar-refractivity contribution is 0.185. The van der Waals surface area contributed by atoms with E-state index in [0.717, 1.165) is 11.1 Å². The smallest absolute Gasteiger partial charge is 0.137 e. The van der Waals surface area contributed by atoms with Gasteiger partial charge in [0.15, 0.2) is 0 Å². The molecule has 1 unspecified atom stereocenters. The molecule has 0 aliphatic carbocycles. The van der Waals surface area contributed by atoms with Crippen molar-refractivity contribution in [2.75, 3.05) is 6.54 Å². The number of nitrogens with two attached hydrogens (primary N) is 1. The predicted molar refractivity (Wildman–Crippen MR) is 61.3 cm³/mol. The molecule has 84 valence electrons. The number of phenols is 1. The van der Waals surface area contributed by atoms with Crippen molar-refractivity contribution in [3.05, 3.63) is 27.3 Å². The number of aromatic hydroxyl groups is 1. The Morgan fingerprint density at radius 2 is 1.73 bits per heavy atom. The molecular weight excluding hydrogens is 214 g/mol. The molecule has 1 atom stereocenters. The van der Waals surface area contributed by atoms with Crippen molar-refractivity contribution in [3.63, 3.8) is 0 Å². The fraction of sp³-hybridized carbons (Fsp3) is 0.455. The van der Waals surface area contributed by atoms with Crippen LogP contribution in [0.15, 0.2) is 0 Å². The lowest BCUT2D eigenvalue weighted by atomic mass is 9.93. The molecule has 0 amide bonds. The Labute approximate surface area is 94.5 Å². The van der Waals surface area contributed by atoms with E-state index in [1.807, 2.05) is 6.92 Å². The van der Waals surface area contributed by atoms with E-state index in [4.69, 9.17) is 17.3 Å². The zero-order chi connectivity index (χ0) is 11.7. The van der Waals surface area contributed by atoms with Crippen LogP contribution in [-0.4, -0.2) is 16.8 Å². The topological polar surface area (TPSA) is 66.5 Å². The van der Waals surface area contributed by atoms with Gasteiger partial charge < -0.3 is 15.9 Å². The van der Waals surface area contributed by atoms with Crippen LogP contribution in [0.5, 0.6) is 5.75 Å². The fourth-order valence-corrected chi connectivity index (χ4v) is 1.98. The van der Waals surface area contributed by atoms with Gasteiger partial charge in [-0.25, -0.2) is 0 Å². The van der Waals surface area contributed by atoms with E-state index in [1.54, 1.807) is 13.8 Å². The summed E-state index contributed by atoms with van der Waals surface area (Å²) in [5, 5.41) is 19.8. The van der Waals surface area contributed by atoms with Crippen molar-refractivity contribution < 1.29 is 10.2 Å². The number of hydrogen-bond donors (Lipinski definition) is 3. The van der Waals surface area contributed by atoms with Crippen molar-refractivity contribution >= 4 is 11.6 Å². The third-order valence-electron chi connectivity index (χ3n) is 2.82. The Morgan fingerprint density at radius 3 is 2.20 bits per heavy atom. The van der Waals surface area contributed by atoms with E-state index in [1.165, 1.54) is 0 Å². The first-order valence-corrected chi connectivity index (χ1v) is 5.15. The average molecular weight is 230 g/mol. The van der Waals surface area contributed by atoms with Gasteiger partial charge in [0.25, 0.3) is 0 Å². The molecule has 1 rings (SSSR count). The summed E-state index contributed by atoms with van der Waals surface area (Å²) in [4.78, 5) is 0. The van der Waals surface area contributed by atoms with Crippen LogP contribution in [0, 0.1) is 20.8 Å². The number of phenolic OH excluding ortho intramolecular Hbond substituents is 1. The molecule has 1 aromatic rings. The summed E-state index contributed by atoms with van der Waals surface area (Å²) in [7, 11) is 0. The van der Waals surface area contributed by atoms with Gasteiger partial charge in [0, 0.05) is 6.54 Å². The number of aliphatic hydroxyl groups is 1. The molecule has 0 saturated heterocycles. The number of rotatable bonds is 2. The Morgan fingerprint density at radius 1 is 1.20 bits per heavy atom. The van der Waals surface area contributed by atoms with Crippen LogP contribution in [0.1, 0.15) is 28.4 Å². The van der Waals surface area contributed by atoms with Gasteiger partial charge in [0.1, 0.15) is 5.75 Å². The van der Waals surface area contributed by atoms with Crippen LogP contribution in [0.25, 0.3) is 0 Å². The molecule has 0 fully saturated rings. The normalized spacial score (nSPS) is 12.9. The van der Waals surface area contributed by atoms with Crippen LogP contribution in [-0.2, 0) is 0 Å². The second-order valence-corrected chi connectivity index (χ2v) is 4.08. The monoisotopic (exact) mass is 229 g/mol. The highest BCUT2D eigenvalue weighted by Crippen LogP contribution is 2.38. The summed E-state index contributed by atoms with van der Waals surface area (Å²) in [5.41, 5.74) is 8.36. The molecule has 4 N–H and O–H groups in total. The average Bonchev–Trinajstić information content (AvgIpc) is 2.23. The van der Waals surface area contributed by atoms with Gasteiger partial charge in [-0.2, -0.15) is 0 Å². The SMILES string of the molecule is Cc1c(C)c(C(O)CN)c(C)c(Cl)c1O. The van der Waals surface area contributed by atoms with Crippen molar-refractivity contribution in [1.82, 2.24) is 0 Å². The molecule has 0 bridgehead atoms. The molecule has 0 saturated carbocycles. The molecule has 0 heterocycles. The Bertz CT molecular complexity index is 362. The molecule has 3 nitrogen and oxygen atoms in total. The zero-order valence-corrected chi connectivity index (χ0v) is 9.89. The molecule has 1 aromatic carbocycles. The van der Waals surface area contributed by atoms with E-state index in [9.17, 15) is 10.2 Å². The summed E-state index contributed by atoms with van der Waals surface area (Å²) in [5.74, 6) is 0.0830. The maximum absolute atomic E-state index is 9.77. The fourth-order valence-electron chi connectivity index (χ4n) is 1.74. The molecule has 0 aromatic heterocycles. The number of hydrogen-bond acceptors (Lipinski definition) is 3. The molecule has 0 aliphatic rings. The number of halogens is 1. The lowest BCUT2D eigenvalue weighted by Crippen LogP contribution is -2.15. The molecule has 0 aliphatic heterocycles. The van der Waals surface area contributed by atoms with E-state index in [2.05, 4.69) is 0 Å². The van der Waals surface area contributed by atoms with E-state index < -0.39 is 6.10 Å². The first kappa shape index (κ1) is 12.3. The maximum Gasteiger partial charge on any atom is 0.137 e. The third-order valence-corrected chi connectivity index (χ3v) is 3.28. The first-order valence-electron chi connectivity index (χ1n) is 4.78. The Hall–Kier alpha value is -0.770. The van der Waals surface area contributed by atoms with Crippen LogP contribution < -0.4 is 5.73 Å². The van der Waals surface area contributed by atoms with Gasteiger partial charge in [-0.1, -0.05) is 11.6 Å². The molecule has 0 radical (unpaired) electrons. The number of benzene rings is 1. The van der Waals surface area contributed by atoms with Gasteiger partial charge in [0.2, 0.25) is 0 Å². The highest BCUT2D eigenvalue weighted by molar-refractivity contribution is 6.33. The minimum atomic E-state index is -0.734. The van der Waals surface area contributed by atoms with Crippen LogP contribution in [0.4, 0.5) is 0 Å². The quantitative estimate of drug-likeness (QED) is 0.726. The van der Waals surface area contributed by atoms with Crippen LogP contribution >= 0.6 is 11.6 Å². The second-order valence-electron chi connectivity index (χ2n) is 3.70.